The summed E-state index contributed by atoms with van der Waals surface area (Å²) >= 11 is 0. The summed E-state index contributed by atoms with van der Waals surface area (Å²) in [5.41, 5.74) is 2.47. The molecule has 8 nitrogen and oxygen atoms in total. The van der Waals surface area contributed by atoms with E-state index in [4.69, 9.17) is 0 Å². The van der Waals surface area contributed by atoms with Gasteiger partial charge in [0.2, 0.25) is 0 Å². The van der Waals surface area contributed by atoms with Crippen LogP contribution in [-0.4, -0.2) is 32.0 Å². The molecule has 2 amide bonds. The van der Waals surface area contributed by atoms with Crippen LogP contribution in [0.5, 0.6) is 0 Å². The summed E-state index contributed by atoms with van der Waals surface area (Å²) in [6, 6.07) is 13.2. The summed E-state index contributed by atoms with van der Waals surface area (Å²) in [5, 5.41) is 11.4. The first-order valence-electron chi connectivity index (χ1n) is 10.4. The van der Waals surface area contributed by atoms with Crippen LogP contribution in [0.4, 0.5) is 25.0 Å². The number of halogens is 2. The molecule has 0 aliphatic carbocycles. The molecule has 0 spiro atoms. The number of fused-ring (bicyclic) bond motifs is 1. The average molecular weight is 470 g/mol. The highest BCUT2D eigenvalue weighted by Crippen LogP contribution is 2.24. The van der Waals surface area contributed by atoms with Crippen molar-refractivity contribution in [1.82, 2.24) is 20.2 Å². The van der Waals surface area contributed by atoms with Gasteiger partial charge in [0.25, 0.3) is 0 Å². The highest BCUT2D eigenvalue weighted by atomic mass is 19.1. The number of urea groups is 1. The van der Waals surface area contributed by atoms with E-state index in [-0.39, 0.29) is 16.8 Å². The van der Waals surface area contributed by atoms with Gasteiger partial charge in [-0.15, -0.1) is 0 Å². The van der Waals surface area contributed by atoms with Gasteiger partial charge >= 0.3 is 6.03 Å². The Morgan fingerprint density at radius 1 is 0.886 bits per heavy atom. The van der Waals surface area contributed by atoms with Crippen LogP contribution >= 0.6 is 0 Å². The van der Waals surface area contributed by atoms with Crippen molar-refractivity contribution in [3.63, 3.8) is 0 Å². The number of hydrogen-bond donors (Lipinski definition) is 3. The summed E-state index contributed by atoms with van der Waals surface area (Å²) in [5.74, 6) is -1.92. The number of benzene rings is 3. The van der Waals surface area contributed by atoms with E-state index in [1.54, 1.807) is 24.7 Å². The molecule has 0 aliphatic heterocycles. The normalized spacial score (nSPS) is 10.8. The topological polar surface area (TPSA) is 113 Å². The van der Waals surface area contributed by atoms with Crippen molar-refractivity contribution < 1.29 is 18.4 Å². The van der Waals surface area contributed by atoms with Gasteiger partial charge < -0.3 is 10.6 Å². The monoisotopic (exact) mass is 470 g/mol. The van der Waals surface area contributed by atoms with Crippen LogP contribution in [0.3, 0.4) is 0 Å². The third-order valence-corrected chi connectivity index (χ3v) is 5.19. The van der Waals surface area contributed by atoms with Crippen molar-refractivity contribution in [2.75, 3.05) is 10.6 Å². The van der Waals surface area contributed by atoms with Crippen LogP contribution in [0.25, 0.3) is 22.3 Å². The molecule has 10 heteroatoms. The van der Waals surface area contributed by atoms with Gasteiger partial charge in [-0.05, 0) is 54.6 Å². The maximum absolute atomic E-state index is 15.2. The second-order valence-electron chi connectivity index (χ2n) is 7.53. The molecule has 0 atom stereocenters. The summed E-state index contributed by atoms with van der Waals surface area (Å²) in [7, 11) is 0. The molecule has 2 heterocycles. The lowest BCUT2D eigenvalue weighted by atomic mass is 10.0. The summed E-state index contributed by atoms with van der Waals surface area (Å²) in [6.07, 6.45) is 4.87. The number of rotatable bonds is 5. The summed E-state index contributed by atoms with van der Waals surface area (Å²) in [6.45, 7) is 0. The molecule has 2 aromatic heterocycles. The van der Waals surface area contributed by atoms with Gasteiger partial charge in [-0.1, -0.05) is 6.07 Å². The minimum atomic E-state index is -0.884. The zero-order chi connectivity index (χ0) is 24.4. The third kappa shape index (κ3) is 4.58. The van der Waals surface area contributed by atoms with E-state index in [1.165, 1.54) is 54.6 Å². The number of nitrogens with zero attached hydrogens (tertiary/aromatic N) is 3. The number of carbonyl (C=O) groups excluding carboxylic acids is 2. The van der Waals surface area contributed by atoms with Crippen LogP contribution < -0.4 is 10.6 Å². The van der Waals surface area contributed by atoms with Crippen molar-refractivity contribution in [3.05, 3.63) is 102 Å². The molecule has 0 saturated heterocycles. The molecular weight excluding hydrogens is 454 g/mol. The molecule has 5 aromatic rings. The molecule has 0 saturated carbocycles. The Balaban J connectivity index is 1.39. The predicted molar refractivity (Wildman–Crippen MR) is 126 cm³/mol. The number of amides is 2. The number of carbonyl (C=O) groups is 2. The minimum absolute atomic E-state index is 0.182. The van der Waals surface area contributed by atoms with E-state index in [2.05, 4.69) is 30.8 Å². The van der Waals surface area contributed by atoms with E-state index in [1.807, 2.05) is 0 Å². The Hall–Kier alpha value is -4.99. The fourth-order valence-electron chi connectivity index (χ4n) is 3.46. The average Bonchev–Trinajstić information content (AvgIpc) is 3.41. The second kappa shape index (κ2) is 9.10. The molecule has 0 bridgehead atoms. The SMILES string of the molecule is O=C(Nc1ccc(F)cc1)Nc1cccc(C(=O)c2ccc3ncc(-c4cn[nH]c4)nc3c2)c1F. The fraction of sp³-hybridized carbons (Fsp3) is 0. The van der Waals surface area contributed by atoms with Crippen LogP contribution in [0.1, 0.15) is 15.9 Å². The van der Waals surface area contributed by atoms with Gasteiger partial charge in [0.05, 0.1) is 40.4 Å². The standard InChI is InChI=1S/C25H16F2N6O2/c26-16-5-7-17(8-6-16)31-25(35)33-20-3-1-2-18(23(20)27)24(34)14-4-9-19-21(10-14)32-22(13-28-19)15-11-29-30-12-15/h1-13H,(H,29,30)(H2,31,33,35). The van der Waals surface area contributed by atoms with Gasteiger partial charge in [0, 0.05) is 23.0 Å². The number of nitrogens with one attached hydrogen (secondary N) is 3. The van der Waals surface area contributed by atoms with Gasteiger partial charge in [-0.2, -0.15) is 5.10 Å². The molecule has 5 rings (SSSR count). The second-order valence-corrected chi connectivity index (χ2v) is 7.53. The predicted octanol–water partition coefficient (Wildman–Crippen LogP) is 5.17. The number of aromatic amines is 1. The molecule has 172 valence electrons. The highest BCUT2D eigenvalue weighted by molar-refractivity contribution is 6.11. The van der Waals surface area contributed by atoms with Crippen molar-refractivity contribution in [1.29, 1.82) is 0 Å². The quantitative estimate of drug-likeness (QED) is 0.307. The molecule has 3 aromatic carbocycles. The first-order chi connectivity index (χ1) is 17.0. The molecule has 0 fully saturated rings. The van der Waals surface area contributed by atoms with Gasteiger partial charge in [0.15, 0.2) is 11.6 Å². The Morgan fingerprint density at radius 2 is 1.71 bits per heavy atom. The van der Waals surface area contributed by atoms with Gasteiger partial charge in [-0.3, -0.25) is 14.9 Å². The number of anilines is 2. The van der Waals surface area contributed by atoms with Crippen LogP contribution in [0, 0.1) is 11.6 Å². The zero-order valence-corrected chi connectivity index (χ0v) is 17.9. The van der Waals surface area contributed by atoms with E-state index in [0.717, 1.165) is 5.56 Å². The molecule has 0 aliphatic rings. The van der Waals surface area contributed by atoms with Crippen molar-refractivity contribution in [3.8, 4) is 11.3 Å². The van der Waals surface area contributed by atoms with Crippen molar-refractivity contribution in [2.24, 2.45) is 0 Å². The number of hydrogen-bond acceptors (Lipinski definition) is 5. The van der Waals surface area contributed by atoms with E-state index in [0.29, 0.717) is 22.4 Å². The van der Waals surface area contributed by atoms with E-state index < -0.39 is 23.4 Å². The number of ketones is 1. The maximum Gasteiger partial charge on any atom is 0.323 e. The minimum Gasteiger partial charge on any atom is -0.308 e. The molecule has 0 radical (unpaired) electrons. The Labute approximate surface area is 197 Å². The number of aromatic nitrogens is 4. The largest absolute Gasteiger partial charge is 0.323 e. The smallest absolute Gasteiger partial charge is 0.308 e. The Morgan fingerprint density at radius 3 is 2.49 bits per heavy atom. The lowest BCUT2D eigenvalue weighted by Gasteiger charge is -2.11. The summed E-state index contributed by atoms with van der Waals surface area (Å²) < 4.78 is 28.2. The molecule has 3 N–H and O–H groups in total. The van der Waals surface area contributed by atoms with Crippen LogP contribution in [0.2, 0.25) is 0 Å². The Bertz CT molecular complexity index is 1550. The lowest BCUT2D eigenvalue weighted by molar-refractivity contribution is 0.103. The van der Waals surface area contributed by atoms with Gasteiger partial charge in [-0.25, -0.2) is 18.6 Å². The van der Waals surface area contributed by atoms with Crippen LogP contribution in [0.15, 0.2) is 79.3 Å². The van der Waals surface area contributed by atoms with Gasteiger partial charge in [0.1, 0.15) is 5.82 Å². The van der Waals surface area contributed by atoms with Crippen LogP contribution in [-0.2, 0) is 0 Å². The fourth-order valence-corrected chi connectivity index (χ4v) is 3.46. The number of H-pyrrole nitrogens is 1. The molecule has 0 unspecified atom stereocenters. The van der Waals surface area contributed by atoms with E-state index >= 15 is 4.39 Å². The highest BCUT2D eigenvalue weighted by Gasteiger charge is 2.19. The Kier molecular flexibility index (Phi) is 5.68. The van der Waals surface area contributed by atoms with E-state index in [9.17, 15) is 14.0 Å². The maximum atomic E-state index is 15.2. The lowest BCUT2D eigenvalue weighted by Crippen LogP contribution is -2.20. The first-order valence-corrected chi connectivity index (χ1v) is 10.4. The first kappa shape index (κ1) is 21.8. The third-order valence-electron chi connectivity index (χ3n) is 5.19. The molecular formula is C25H16F2N6O2. The zero-order valence-electron chi connectivity index (χ0n) is 17.9. The van der Waals surface area contributed by atoms with Crippen molar-refractivity contribution >= 4 is 34.2 Å². The van der Waals surface area contributed by atoms with Crippen molar-refractivity contribution in [2.45, 2.75) is 0 Å². The molecule has 35 heavy (non-hydrogen) atoms. The summed E-state index contributed by atoms with van der Waals surface area (Å²) in [4.78, 5) is 34.2.